The Morgan fingerprint density at radius 3 is 2.27 bits per heavy atom. The van der Waals surface area contributed by atoms with E-state index in [4.69, 9.17) is 0 Å². The predicted molar refractivity (Wildman–Crippen MR) is 71.3 cm³/mol. The molecule has 0 unspecified atom stereocenters. The molecule has 1 rings (SSSR count). The van der Waals surface area contributed by atoms with E-state index in [-0.39, 0.29) is 0 Å². The molecule has 0 aliphatic carbocycles. The van der Waals surface area contributed by atoms with Crippen molar-refractivity contribution in [1.29, 1.82) is 0 Å². The van der Waals surface area contributed by atoms with E-state index in [0.29, 0.717) is 0 Å². The van der Waals surface area contributed by atoms with Crippen LogP contribution >= 0.6 is 15.9 Å². The monoisotopic (exact) mass is 242 g/mol. The molecule has 0 N–H and O–H groups in total. The molecule has 3 heteroatoms. The van der Waals surface area contributed by atoms with Crippen LogP contribution in [0.2, 0.25) is 0 Å². The summed E-state index contributed by atoms with van der Waals surface area (Å²) in [5.41, 5.74) is 1.45. The molecule has 0 aromatic rings. The van der Waals surface area contributed by atoms with Crippen LogP contribution in [0.4, 0.5) is 0 Å². The first kappa shape index (κ1) is 13.2. The lowest BCUT2D eigenvalue weighted by Gasteiger charge is -2.04. The van der Waals surface area contributed by atoms with Gasteiger partial charge in [0.1, 0.15) is 0 Å². The first-order valence-corrected chi connectivity index (χ1v) is 8.67. The van der Waals surface area contributed by atoms with E-state index in [0.717, 1.165) is 0 Å². The van der Waals surface area contributed by atoms with E-state index in [1.54, 1.807) is 5.31 Å². The largest absolute Gasteiger partial charge is 0.227 e. The van der Waals surface area contributed by atoms with Gasteiger partial charge in [-0.1, -0.05) is 39.5 Å². The molecule has 0 bridgehead atoms. The van der Waals surface area contributed by atoms with Crippen LogP contribution in [0, 0.1) is 0 Å². The average Bonchev–Trinajstić information content (AvgIpc) is 2.67. The fourth-order valence-electron chi connectivity index (χ4n) is 1.72. The van der Waals surface area contributed by atoms with Gasteiger partial charge >= 0.3 is 0 Å². The molecule has 0 aromatic heterocycles. The van der Waals surface area contributed by atoms with Crippen LogP contribution in [-0.2, 0) is 0 Å². The SMILES string of the molecule is CCCCCC1=C(CCCCC)P=P[N]1. The minimum atomic E-state index is 1.23. The van der Waals surface area contributed by atoms with Gasteiger partial charge in [-0.2, -0.15) is 0 Å². The van der Waals surface area contributed by atoms with Crippen molar-refractivity contribution in [1.82, 2.24) is 5.09 Å². The Morgan fingerprint density at radius 1 is 0.933 bits per heavy atom. The summed E-state index contributed by atoms with van der Waals surface area (Å²) < 4.78 is 0. The van der Waals surface area contributed by atoms with Gasteiger partial charge in [0.2, 0.25) is 0 Å². The van der Waals surface area contributed by atoms with E-state index in [2.05, 4.69) is 18.9 Å². The molecule has 0 saturated carbocycles. The van der Waals surface area contributed by atoms with Gasteiger partial charge in [0.25, 0.3) is 0 Å². The standard InChI is InChI=1S/C12H22NP2/c1-3-5-7-9-11-12(14-15-13-11)10-8-6-4-2/h3-10H2,1-2H3. The van der Waals surface area contributed by atoms with Crippen molar-refractivity contribution >= 4 is 15.9 Å². The molecular formula is C12H22NP2. The average molecular weight is 242 g/mol. The highest BCUT2D eigenvalue weighted by Gasteiger charge is 2.10. The Kier molecular flexibility index (Phi) is 7.32. The van der Waals surface area contributed by atoms with Crippen molar-refractivity contribution in [2.75, 3.05) is 0 Å². The summed E-state index contributed by atoms with van der Waals surface area (Å²) >= 11 is 0. The zero-order chi connectivity index (χ0) is 10.9. The van der Waals surface area contributed by atoms with Gasteiger partial charge < -0.3 is 0 Å². The lowest BCUT2D eigenvalue weighted by atomic mass is 10.1. The Balaban J connectivity index is 2.28. The Bertz CT molecular complexity index is 234. The van der Waals surface area contributed by atoms with Crippen LogP contribution in [0.3, 0.4) is 0 Å². The molecule has 0 atom stereocenters. The maximum absolute atomic E-state index is 4.61. The molecular weight excluding hydrogens is 220 g/mol. The van der Waals surface area contributed by atoms with Gasteiger partial charge in [0.15, 0.2) is 0 Å². The first-order chi connectivity index (χ1) is 7.38. The number of allylic oxidation sites excluding steroid dienone is 2. The van der Waals surface area contributed by atoms with Gasteiger partial charge in [-0.3, -0.25) is 0 Å². The van der Waals surface area contributed by atoms with Crippen molar-refractivity contribution in [2.45, 2.75) is 65.2 Å². The Labute approximate surface area is 97.6 Å². The second-order valence-electron chi connectivity index (χ2n) is 4.10. The van der Waals surface area contributed by atoms with Crippen LogP contribution in [0.5, 0.6) is 0 Å². The predicted octanol–water partition coefficient (Wildman–Crippen LogP) is 5.70. The lowest BCUT2D eigenvalue weighted by molar-refractivity contribution is 0.688. The van der Waals surface area contributed by atoms with Crippen molar-refractivity contribution in [3.05, 3.63) is 11.0 Å². The van der Waals surface area contributed by atoms with Gasteiger partial charge in [0.05, 0.1) is 13.7 Å². The van der Waals surface area contributed by atoms with Crippen LogP contribution in [0.25, 0.3) is 0 Å². The molecule has 1 nitrogen and oxygen atoms in total. The highest BCUT2D eigenvalue weighted by atomic mass is 31.7. The molecule has 15 heavy (non-hydrogen) atoms. The Hall–Kier alpha value is 0.140. The van der Waals surface area contributed by atoms with Crippen LogP contribution in [-0.4, -0.2) is 0 Å². The molecule has 85 valence electrons. The van der Waals surface area contributed by atoms with E-state index in [1.165, 1.54) is 72.9 Å². The van der Waals surface area contributed by atoms with E-state index in [9.17, 15) is 0 Å². The molecule has 0 fully saturated rings. The molecule has 1 aliphatic heterocycles. The summed E-state index contributed by atoms with van der Waals surface area (Å²) in [4.78, 5) is 0. The summed E-state index contributed by atoms with van der Waals surface area (Å²) in [6.07, 6.45) is 10.6. The smallest absolute Gasteiger partial charge is 0.0699 e. The first-order valence-electron chi connectivity index (χ1n) is 6.22. The summed E-state index contributed by atoms with van der Waals surface area (Å²) in [6, 6.07) is 0. The summed E-state index contributed by atoms with van der Waals surface area (Å²) in [6.45, 7) is 4.53. The van der Waals surface area contributed by atoms with Crippen molar-refractivity contribution in [2.24, 2.45) is 0 Å². The van der Waals surface area contributed by atoms with Crippen molar-refractivity contribution in [3.8, 4) is 0 Å². The zero-order valence-electron chi connectivity index (χ0n) is 10.00. The minimum absolute atomic E-state index is 1.23. The summed E-state index contributed by atoms with van der Waals surface area (Å²) in [5, 5.41) is 6.25. The van der Waals surface area contributed by atoms with E-state index >= 15 is 0 Å². The molecule has 1 radical (unpaired) electrons. The molecule has 1 heterocycles. The molecule has 0 aromatic carbocycles. The maximum atomic E-state index is 4.61. The molecule has 0 saturated heterocycles. The number of unbranched alkanes of at least 4 members (excludes halogenated alkanes) is 4. The van der Waals surface area contributed by atoms with Crippen molar-refractivity contribution < 1.29 is 0 Å². The highest BCUT2D eigenvalue weighted by Crippen LogP contribution is 2.39. The number of hydrogen-bond donors (Lipinski definition) is 0. The topological polar surface area (TPSA) is 14.1 Å². The van der Waals surface area contributed by atoms with Crippen LogP contribution < -0.4 is 5.09 Å². The van der Waals surface area contributed by atoms with E-state index in [1.807, 2.05) is 0 Å². The third-order valence-corrected chi connectivity index (χ3v) is 5.10. The molecule has 0 spiro atoms. The number of nitrogens with zero attached hydrogens (tertiary/aromatic N) is 1. The number of rotatable bonds is 8. The summed E-state index contributed by atoms with van der Waals surface area (Å²) in [5.74, 6) is 0. The van der Waals surface area contributed by atoms with Gasteiger partial charge in [-0.25, -0.2) is 5.09 Å². The third-order valence-electron chi connectivity index (χ3n) is 2.70. The molecule has 0 amide bonds. The Morgan fingerprint density at radius 2 is 1.60 bits per heavy atom. The second kappa shape index (κ2) is 8.31. The fraction of sp³-hybridized carbons (Fsp3) is 0.833. The minimum Gasteiger partial charge on any atom is -0.227 e. The third kappa shape index (κ3) is 5.14. The van der Waals surface area contributed by atoms with E-state index < -0.39 is 0 Å². The zero-order valence-corrected chi connectivity index (χ0v) is 11.8. The van der Waals surface area contributed by atoms with Crippen LogP contribution in [0.15, 0.2) is 11.0 Å². The maximum Gasteiger partial charge on any atom is 0.0699 e. The fourth-order valence-corrected chi connectivity index (χ4v) is 4.24. The lowest BCUT2D eigenvalue weighted by Crippen LogP contribution is -1.93. The normalized spacial score (nSPS) is 16.9. The van der Waals surface area contributed by atoms with Gasteiger partial charge in [0, 0.05) is 5.31 Å². The summed E-state index contributed by atoms with van der Waals surface area (Å²) in [7, 11) is 2.74. The van der Waals surface area contributed by atoms with Gasteiger partial charge in [-0.05, 0) is 33.6 Å². The number of hydrogen-bond acceptors (Lipinski definition) is 0. The van der Waals surface area contributed by atoms with Gasteiger partial charge in [-0.15, -0.1) is 0 Å². The van der Waals surface area contributed by atoms with Crippen molar-refractivity contribution in [3.63, 3.8) is 0 Å². The molecule has 1 aliphatic rings. The second-order valence-corrected chi connectivity index (χ2v) is 6.35. The van der Waals surface area contributed by atoms with Crippen LogP contribution in [0.1, 0.15) is 65.2 Å². The quantitative estimate of drug-likeness (QED) is 0.383. The highest BCUT2D eigenvalue weighted by molar-refractivity contribution is 7.85.